The number of carbonyl (C=O) groups excluding carboxylic acids is 1. The second-order valence-corrected chi connectivity index (χ2v) is 10.00. The Kier molecular flexibility index (Phi) is 8.43. The van der Waals surface area contributed by atoms with E-state index in [2.05, 4.69) is 22.1 Å². The number of aryl methyl sites for hydroxylation is 1. The van der Waals surface area contributed by atoms with Crippen molar-refractivity contribution in [3.8, 4) is 0 Å². The predicted molar refractivity (Wildman–Crippen MR) is 128 cm³/mol. The molecule has 2 heterocycles. The highest BCUT2D eigenvalue weighted by molar-refractivity contribution is 5.77. The largest absolute Gasteiger partial charge is 0.384 e. The summed E-state index contributed by atoms with van der Waals surface area (Å²) in [5, 5.41) is 10.6. The van der Waals surface area contributed by atoms with Crippen molar-refractivity contribution in [3.63, 3.8) is 0 Å². The molecule has 1 aliphatic heterocycles. The standard InChI is InChI=1S/C25H34F4N6O/c1-14(2)8-21(30)16(4)31-18(10-17-11-19(26)15(3)9-20(17)27)12-23(36)34-6-7-35-22(13-34)32-33-24(35)25(5,28)29/h9,11,14,18,21,31H,4,6-8,10,12-13,30H2,1-3,5H3. The number of amides is 1. The molecule has 0 aliphatic carbocycles. The molecule has 36 heavy (non-hydrogen) atoms. The first-order valence-corrected chi connectivity index (χ1v) is 12.0. The fourth-order valence-electron chi connectivity index (χ4n) is 4.34. The molecule has 11 heteroatoms. The van der Waals surface area contributed by atoms with Crippen LogP contribution in [0.3, 0.4) is 0 Å². The average Bonchev–Trinajstić information content (AvgIpc) is 3.20. The molecule has 1 aliphatic rings. The summed E-state index contributed by atoms with van der Waals surface area (Å²) in [7, 11) is 0. The van der Waals surface area contributed by atoms with Crippen LogP contribution >= 0.6 is 0 Å². The lowest BCUT2D eigenvalue weighted by atomic mass is 9.98. The molecule has 0 bridgehead atoms. The average molecular weight is 511 g/mol. The van der Waals surface area contributed by atoms with E-state index < -0.39 is 29.4 Å². The molecule has 2 unspecified atom stereocenters. The van der Waals surface area contributed by atoms with Crippen LogP contribution < -0.4 is 11.1 Å². The number of fused-ring (bicyclic) bond motifs is 1. The molecule has 1 aromatic heterocycles. The van der Waals surface area contributed by atoms with Gasteiger partial charge in [0.25, 0.3) is 0 Å². The lowest BCUT2D eigenvalue weighted by Gasteiger charge is -2.31. The molecule has 0 fully saturated rings. The highest BCUT2D eigenvalue weighted by Crippen LogP contribution is 2.27. The van der Waals surface area contributed by atoms with E-state index in [1.165, 1.54) is 16.4 Å². The molecule has 0 saturated heterocycles. The summed E-state index contributed by atoms with van der Waals surface area (Å²) in [5.74, 6) is -4.38. The summed E-state index contributed by atoms with van der Waals surface area (Å²) in [5.41, 5.74) is 7.05. The molecule has 2 aromatic rings. The molecule has 0 spiro atoms. The maximum Gasteiger partial charge on any atom is 0.304 e. The molecule has 7 nitrogen and oxygen atoms in total. The van der Waals surface area contributed by atoms with E-state index in [1.54, 1.807) is 0 Å². The van der Waals surface area contributed by atoms with Gasteiger partial charge in [0.1, 0.15) is 11.6 Å². The molecular formula is C25H34F4N6O. The SMILES string of the molecule is C=C(NC(CC(=O)N1CCn2c(nnc2C(C)(F)F)C1)Cc1cc(F)c(C)cc1F)C(N)CC(C)C. The van der Waals surface area contributed by atoms with Crippen molar-refractivity contribution < 1.29 is 22.4 Å². The Balaban J connectivity index is 1.77. The third-order valence-electron chi connectivity index (χ3n) is 6.28. The van der Waals surface area contributed by atoms with Crippen molar-refractivity contribution in [1.29, 1.82) is 0 Å². The monoisotopic (exact) mass is 510 g/mol. The Labute approximate surface area is 208 Å². The number of benzene rings is 1. The number of nitrogens with two attached hydrogens (primary N) is 1. The zero-order chi connectivity index (χ0) is 26.8. The summed E-state index contributed by atoms with van der Waals surface area (Å²) < 4.78 is 57.6. The maximum absolute atomic E-state index is 14.6. The molecule has 198 valence electrons. The van der Waals surface area contributed by atoms with Crippen molar-refractivity contribution in [2.75, 3.05) is 6.54 Å². The van der Waals surface area contributed by atoms with Crippen LogP contribution in [0.4, 0.5) is 17.6 Å². The molecule has 2 atom stereocenters. The van der Waals surface area contributed by atoms with Crippen LogP contribution in [0.1, 0.15) is 56.4 Å². The Morgan fingerprint density at radius 2 is 1.92 bits per heavy atom. The van der Waals surface area contributed by atoms with Gasteiger partial charge in [-0.15, -0.1) is 10.2 Å². The number of alkyl halides is 2. The molecular weight excluding hydrogens is 476 g/mol. The van der Waals surface area contributed by atoms with Crippen molar-refractivity contribution in [3.05, 3.63) is 58.8 Å². The van der Waals surface area contributed by atoms with E-state index in [-0.39, 0.29) is 61.4 Å². The van der Waals surface area contributed by atoms with Crippen LogP contribution in [-0.2, 0) is 30.2 Å². The minimum atomic E-state index is -3.14. The van der Waals surface area contributed by atoms with E-state index >= 15 is 0 Å². The summed E-state index contributed by atoms with van der Waals surface area (Å²) in [6, 6.07) is 1.26. The van der Waals surface area contributed by atoms with E-state index in [0.717, 1.165) is 19.1 Å². The Bertz CT molecular complexity index is 1110. The van der Waals surface area contributed by atoms with Gasteiger partial charge < -0.3 is 20.5 Å². The van der Waals surface area contributed by atoms with E-state index in [4.69, 9.17) is 5.73 Å². The smallest absolute Gasteiger partial charge is 0.304 e. The van der Waals surface area contributed by atoms with Gasteiger partial charge in [-0.2, -0.15) is 8.78 Å². The van der Waals surface area contributed by atoms with Crippen LogP contribution in [0.5, 0.6) is 0 Å². The molecule has 0 radical (unpaired) electrons. The Morgan fingerprint density at radius 1 is 1.22 bits per heavy atom. The molecule has 1 amide bonds. The zero-order valence-corrected chi connectivity index (χ0v) is 21.1. The van der Waals surface area contributed by atoms with Crippen LogP contribution in [0.25, 0.3) is 0 Å². The topological polar surface area (TPSA) is 89.1 Å². The summed E-state index contributed by atoms with van der Waals surface area (Å²) >= 11 is 0. The molecule has 0 saturated carbocycles. The quantitative estimate of drug-likeness (QED) is 0.475. The fraction of sp³-hybridized carbons (Fsp3) is 0.560. The van der Waals surface area contributed by atoms with Gasteiger partial charge >= 0.3 is 5.92 Å². The number of carbonyl (C=O) groups is 1. The highest BCUT2D eigenvalue weighted by atomic mass is 19.3. The first-order valence-electron chi connectivity index (χ1n) is 12.0. The van der Waals surface area contributed by atoms with Gasteiger partial charge in [0.2, 0.25) is 11.7 Å². The highest BCUT2D eigenvalue weighted by Gasteiger charge is 2.35. The number of rotatable bonds is 10. The number of aromatic nitrogens is 3. The normalized spacial score (nSPS) is 15.6. The third kappa shape index (κ3) is 6.63. The predicted octanol–water partition coefficient (Wildman–Crippen LogP) is 3.80. The number of hydrogen-bond acceptors (Lipinski definition) is 5. The molecule has 3 rings (SSSR count). The van der Waals surface area contributed by atoms with Gasteiger partial charge in [0.15, 0.2) is 5.82 Å². The van der Waals surface area contributed by atoms with Gasteiger partial charge in [-0.05, 0) is 48.9 Å². The molecule has 3 N–H and O–H groups in total. The first-order chi connectivity index (χ1) is 16.8. The number of halogens is 4. The summed E-state index contributed by atoms with van der Waals surface area (Å²) in [4.78, 5) is 14.7. The minimum absolute atomic E-state index is 0.0238. The van der Waals surface area contributed by atoms with Gasteiger partial charge in [-0.1, -0.05) is 20.4 Å². The Hall–Kier alpha value is -2.95. The second kappa shape index (κ2) is 11.0. The van der Waals surface area contributed by atoms with Crippen molar-refractivity contribution in [2.24, 2.45) is 11.7 Å². The summed E-state index contributed by atoms with van der Waals surface area (Å²) in [6.45, 7) is 10.6. The van der Waals surface area contributed by atoms with Crippen LogP contribution in [0.15, 0.2) is 24.4 Å². The van der Waals surface area contributed by atoms with E-state index in [9.17, 15) is 22.4 Å². The zero-order valence-electron chi connectivity index (χ0n) is 21.1. The minimum Gasteiger partial charge on any atom is -0.384 e. The summed E-state index contributed by atoms with van der Waals surface area (Å²) in [6.07, 6.45) is 0.623. The van der Waals surface area contributed by atoms with Crippen LogP contribution in [0.2, 0.25) is 0 Å². The van der Waals surface area contributed by atoms with Gasteiger partial charge in [-0.25, -0.2) is 8.78 Å². The maximum atomic E-state index is 14.6. The van der Waals surface area contributed by atoms with Crippen LogP contribution in [0, 0.1) is 24.5 Å². The second-order valence-electron chi connectivity index (χ2n) is 10.00. The third-order valence-corrected chi connectivity index (χ3v) is 6.28. The Morgan fingerprint density at radius 3 is 2.56 bits per heavy atom. The molecule has 1 aromatic carbocycles. The van der Waals surface area contributed by atoms with Crippen LogP contribution in [-0.4, -0.2) is 44.2 Å². The number of nitrogens with zero attached hydrogens (tertiary/aromatic N) is 4. The van der Waals surface area contributed by atoms with E-state index in [0.29, 0.717) is 18.0 Å². The van der Waals surface area contributed by atoms with Gasteiger partial charge in [0, 0.05) is 44.2 Å². The van der Waals surface area contributed by atoms with Gasteiger partial charge in [-0.3, -0.25) is 4.79 Å². The van der Waals surface area contributed by atoms with Gasteiger partial charge in [0.05, 0.1) is 6.54 Å². The fourth-order valence-corrected chi connectivity index (χ4v) is 4.34. The van der Waals surface area contributed by atoms with E-state index in [1.807, 2.05) is 13.8 Å². The lowest BCUT2D eigenvalue weighted by molar-refractivity contribution is -0.133. The van der Waals surface area contributed by atoms with Crippen molar-refractivity contribution in [1.82, 2.24) is 25.0 Å². The number of nitrogens with one attached hydrogen (secondary N) is 1. The first kappa shape index (κ1) is 27.6. The lowest BCUT2D eigenvalue weighted by Crippen LogP contribution is -2.44. The van der Waals surface area contributed by atoms with Crippen molar-refractivity contribution in [2.45, 2.75) is 78.1 Å². The number of hydrogen-bond donors (Lipinski definition) is 2. The van der Waals surface area contributed by atoms with Crippen molar-refractivity contribution >= 4 is 5.91 Å².